The van der Waals surface area contributed by atoms with Crippen molar-refractivity contribution in [2.45, 2.75) is 65.0 Å². The van der Waals surface area contributed by atoms with Gasteiger partial charge in [-0.05, 0) is 65.4 Å². The highest BCUT2D eigenvalue weighted by Crippen LogP contribution is 2.25. The number of amides is 1. The zero-order chi connectivity index (χ0) is 19.4. The Kier molecular flexibility index (Phi) is 5.82. The van der Waals surface area contributed by atoms with E-state index < -0.39 is 5.60 Å². The van der Waals surface area contributed by atoms with Gasteiger partial charge in [0.05, 0.1) is 11.2 Å². The van der Waals surface area contributed by atoms with Crippen molar-refractivity contribution in [3.8, 4) is 0 Å². The van der Waals surface area contributed by atoms with E-state index in [0.717, 1.165) is 48.8 Å². The molecular formula is C21H30N4O2. The smallest absolute Gasteiger partial charge is 0.407 e. The molecule has 1 aliphatic carbocycles. The van der Waals surface area contributed by atoms with Gasteiger partial charge in [-0.15, -0.1) is 0 Å². The Morgan fingerprint density at radius 2 is 1.85 bits per heavy atom. The lowest BCUT2D eigenvalue weighted by atomic mass is 9.86. The van der Waals surface area contributed by atoms with E-state index in [1.54, 1.807) is 0 Å². The van der Waals surface area contributed by atoms with E-state index >= 15 is 0 Å². The van der Waals surface area contributed by atoms with Crippen molar-refractivity contribution in [1.29, 1.82) is 0 Å². The van der Waals surface area contributed by atoms with E-state index in [0.29, 0.717) is 11.9 Å². The normalized spacial score (nSPS) is 20.3. The Balaban J connectivity index is 1.47. The summed E-state index contributed by atoms with van der Waals surface area (Å²) in [5.74, 6) is 1.26. The molecule has 1 fully saturated rings. The summed E-state index contributed by atoms with van der Waals surface area (Å²) in [6.45, 7) is 8.52. The van der Waals surface area contributed by atoms with Crippen molar-refractivity contribution in [3.63, 3.8) is 0 Å². The second kappa shape index (κ2) is 8.11. The number of anilines is 1. The van der Waals surface area contributed by atoms with Crippen LogP contribution in [0.1, 0.15) is 52.1 Å². The average molecular weight is 370 g/mol. The number of nitrogens with zero attached hydrogens (tertiary/aromatic N) is 2. The molecule has 27 heavy (non-hydrogen) atoms. The Hall–Kier alpha value is -2.37. The van der Waals surface area contributed by atoms with Crippen LogP contribution >= 0.6 is 0 Å². The lowest BCUT2D eigenvalue weighted by Crippen LogP contribution is -2.41. The number of aryl methyl sites for hydroxylation is 1. The van der Waals surface area contributed by atoms with Crippen LogP contribution in [0.15, 0.2) is 24.3 Å². The number of para-hydroxylation sites is 1. The monoisotopic (exact) mass is 370 g/mol. The Bertz CT molecular complexity index is 792. The second-order valence-corrected chi connectivity index (χ2v) is 8.39. The van der Waals surface area contributed by atoms with Crippen molar-refractivity contribution in [2.24, 2.45) is 5.92 Å². The lowest BCUT2D eigenvalue weighted by Gasteiger charge is -2.30. The van der Waals surface area contributed by atoms with Gasteiger partial charge < -0.3 is 15.4 Å². The Labute approximate surface area is 161 Å². The number of carbonyl (C=O) groups is 1. The number of nitrogens with one attached hydrogen (secondary N) is 2. The summed E-state index contributed by atoms with van der Waals surface area (Å²) < 4.78 is 5.34. The highest BCUT2D eigenvalue weighted by molar-refractivity contribution is 5.81. The molecule has 0 bridgehead atoms. The van der Waals surface area contributed by atoms with Gasteiger partial charge in [0.2, 0.25) is 5.95 Å². The van der Waals surface area contributed by atoms with Crippen LogP contribution in [-0.4, -0.2) is 34.2 Å². The van der Waals surface area contributed by atoms with Gasteiger partial charge >= 0.3 is 6.09 Å². The van der Waals surface area contributed by atoms with Gasteiger partial charge in [-0.1, -0.05) is 18.2 Å². The number of hydrogen-bond acceptors (Lipinski definition) is 5. The van der Waals surface area contributed by atoms with Crippen molar-refractivity contribution in [3.05, 3.63) is 30.0 Å². The van der Waals surface area contributed by atoms with Crippen LogP contribution in [0.25, 0.3) is 10.9 Å². The predicted molar refractivity (Wildman–Crippen MR) is 108 cm³/mol. The average Bonchev–Trinajstić information content (AvgIpc) is 2.59. The molecule has 1 amide bonds. The minimum Gasteiger partial charge on any atom is -0.444 e. The summed E-state index contributed by atoms with van der Waals surface area (Å²) in [5.41, 5.74) is 1.51. The lowest BCUT2D eigenvalue weighted by molar-refractivity contribution is 0.0488. The van der Waals surface area contributed by atoms with Gasteiger partial charge in [-0.3, -0.25) is 0 Å². The molecule has 146 valence electrons. The maximum atomic E-state index is 11.9. The zero-order valence-electron chi connectivity index (χ0n) is 16.7. The first-order valence-corrected chi connectivity index (χ1v) is 9.77. The highest BCUT2D eigenvalue weighted by atomic mass is 16.6. The largest absolute Gasteiger partial charge is 0.444 e. The quantitative estimate of drug-likeness (QED) is 0.832. The fourth-order valence-electron chi connectivity index (χ4n) is 3.54. The molecule has 0 spiro atoms. The number of carbonyl (C=O) groups excluding carboxylic acids is 1. The standard InChI is InChI=1S/C21H30N4O2/c1-14-17-7-5-6-8-18(17)25-19(23-14)22-13-15-9-11-16(12-10-15)24-20(26)27-21(2,3)4/h5-8,15-16H,9-13H2,1-4H3,(H,24,26)(H,22,23,25)/t15-,16+. The van der Waals surface area contributed by atoms with Gasteiger partial charge in [-0.2, -0.15) is 0 Å². The third-order valence-electron chi connectivity index (χ3n) is 4.91. The second-order valence-electron chi connectivity index (χ2n) is 8.39. The Morgan fingerprint density at radius 1 is 1.15 bits per heavy atom. The third kappa shape index (κ3) is 5.55. The molecule has 6 heteroatoms. The number of ether oxygens (including phenoxy) is 1. The van der Waals surface area contributed by atoms with Crippen LogP contribution in [0.3, 0.4) is 0 Å². The van der Waals surface area contributed by atoms with Gasteiger partial charge in [0, 0.05) is 18.0 Å². The molecule has 1 saturated carbocycles. The van der Waals surface area contributed by atoms with Gasteiger partial charge in [0.15, 0.2) is 0 Å². The third-order valence-corrected chi connectivity index (χ3v) is 4.91. The van der Waals surface area contributed by atoms with Crippen molar-refractivity contribution in [1.82, 2.24) is 15.3 Å². The van der Waals surface area contributed by atoms with Crippen LogP contribution in [0, 0.1) is 12.8 Å². The predicted octanol–water partition coefficient (Wildman–Crippen LogP) is 4.43. The highest BCUT2D eigenvalue weighted by Gasteiger charge is 2.24. The molecule has 1 aromatic heterocycles. The summed E-state index contributed by atoms with van der Waals surface area (Å²) in [5, 5.41) is 7.49. The van der Waals surface area contributed by atoms with Crippen LogP contribution in [0.4, 0.5) is 10.7 Å². The fraction of sp³-hybridized carbons (Fsp3) is 0.571. The van der Waals surface area contributed by atoms with Crippen LogP contribution in [-0.2, 0) is 4.74 Å². The molecule has 0 aliphatic heterocycles. The maximum absolute atomic E-state index is 11.9. The first-order valence-electron chi connectivity index (χ1n) is 9.77. The molecule has 1 aromatic carbocycles. The molecule has 0 atom stereocenters. The number of aromatic nitrogens is 2. The SMILES string of the molecule is Cc1nc(NC[C@H]2CC[C@@H](NC(=O)OC(C)(C)C)CC2)nc2ccccc12. The van der Waals surface area contributed by atoms with Crippen molar-refractivity contribution < 1.29 is 9.53 Å². The van der Waals surface area contributed by atoms with E-state index in [1.807, 2.05) is 52.0 Å². The van der Waals surface area contributed by atoms with Crippen molar-refractivity contribution in [2.75, 3.05) is 11.9 Å². The molecule has 0 saturated heterocycles. The first-order chi connectivity index (χ1) is 12.8. The summed E-state index contributed by atoms with van der Waals surface area (Å²) in [4.78, 5) is 21.1. The van der Waals surface area contributed by atoms with Crippen LogP contribution < -0.4 is 10.6 Å². The topological polar surface area (TPSA) is 76.1 Å². The first kappa shape index (κ1) is 19.4. The molecule has 2 N–H and O–H groups in total. The van der Waals surface area contributed by atoms with E-state index in [4.69, 9.17) is 4.74 Å². The van der Waals surface area contributed by atoms with Gasteiger partial charge in [-0.25, -0.2) is 14.8 Å². The maximum Gasteiger partial charge on any atom is 0.407 e. The number of hydrogen-bond donors (Lipinski definition) is 2. The summed E-state index contributed by atoms with van der Waals surface area (Å²) in [7, 11) is 0. The van der Waals surface area contributed by atoms with E-state index in [1.165, 1.54) is 0 Å². The molecule has 0 unspecified atom stereocenters. The zero-order valence-corrected chi connectivity index (χ0v) is 16.7. The van der Waals surface area contributed by atoms with Crippen molar-refractivity contribution >= 4 is 22.9 Å². The molecule has 1 aliphatic rings. The van der Waals surface area contributed by atoms with Gasteiger partial charge in [0.1, 0.15) is 5.60 Å². The minimum absolute atomic E-state index is 0.204. The molecule has 3 rings (SSSR count). The molecule has 2 aromatic rings. The number of rotatable bonds is 4. The Morgan fingerprint density at radius 3 is 2.56 bits per heavy atom. The summed E-state index contributed by atoms with van der Waals surface area (Å²) >= 11 is 0. The fourth-order valence-corrected chi connectivity index (χ4v) is 3.54. The van der Waals surface area contributed by atoms with Crippen LogP contribution in [0.5, 0.6) is 0 Å². The summed E-state index contributed by atoms with van der Waals surface area (Å²) in [6, 6.07) is 8.28. The number of alkyl carbamates (subject to hydrolysis) is 1. The molecular weight excluding hydrogens is 340 g/mol. The molecule has 0 radical (unpaired) electrons. The van der Waals surface area contributed by atoms with E-state index in [2.05, 4.69) is 20.6 Å². The van der Waals surface area contributed by atoms with E-state index in [9.17, 15) is 4.79 Å². The van der Waals surface area contributed by atoms with E-state index in [-0.39, 0.29) is 12.1 Å². The minimum atomic E-state index is -0.455. The number of fused-ring (bicyclic) bond motifs is 1. The summed E-state index contributed by atoms with van der Waals surface area (Å²) in [6.07, 6.45) is 3.77. The molecule has 6 nitrogen and oxygen atoms in total. The van der Waals surface area contributed by atoms with Crippen LogP contribution in [0.2, 0.25) is 0 Å². The number of benzene rings is 1. The van der Waals surface area contributed by atoms with Gasteiger partial charge in [0.25, 0.3) is 0 Å². The molecule has 1 heterocycles.